The molecule has 0 radical (unpaired) electrons. The van der Waals surface area contributed by atoms with Crippen molar-refractivity contribution < 1.29 is 9.53 Å². The highest BCUT2D eigenvalue weighted by molar-refractivity contribution is 5.83. The molecule has 4 heteroatoms. The number of carbonyl (C=O) groups is 1. The minimum Gasteiger partial charge on any atom is -0.464 e. The van der Waals surface area contributed by atoms with Gasteiger partial charge in [0, 0.05) is 19.6 Å². The molecule has 134 valence electrons. The summed E-state index contributed by atoms with van der Waals surface area (Å²) in [4.78, 5) is 17.3. The average Bonchev–Trinajstić information content (AvgIpc) is 2.61. The fraction of sp³-hybridized carbons (Fsp3) is 0.650. The fourth-order valence-corrected chi connectivity index (χ4v) is 3.44. The van der Waals surface area contributed by atoms with Gasteiger partial charge in [0.25, 0.3) is 0 Å². The van der Waals surface area contributed by atoms with Crippen molar-refractivity contribution in [2.24, 2.45) is 0 Å². The van der Waals surface area contributed by atoms with Crippen molar-refractivity contribution in [3.05, 3.63) is 35.9 Å². The van der Waals surface area contributed by atoms with Gasteiger partial charge in [0.1, 0.15) is 6.61 Å². The van der Waals surface area contributed by atoms with Crippen molar-refractivity contribution in [3.8, 4) is 0 Å². The lowest BCUT2D eigenvalue weighted by Gasteiger charge is -2.35. The summed E-state index contributed by atoms with van der Waals surface area (Å²) in [5.41, 5.74) is 0.692. The standard InChI is InChI=1S/C20H32N2O2/c1-21(2)14-15-22(3)16-17-24-19(23)20(12-8-5-9-13-20)18-10-6-4-7-11-18/h4,6-7,10-11H,5,8-9,12-17H2,1-3H3. The largest absolute Gasteiger partial charge is 0.464 e. The van der Waals surface area contributed by atoms with Crippen LogP contribution in [0.25, 0.3) is 0 Å². The molecule has 0 aromatic heterocycles. The van der Waals surface area contributed by atoms with Crippen LogP contribution in [-0.2, 0) is 14.9 Å². The highest BCUT2D eigenvalue weighted by atomic mass is 16.5. The maximum Gasteiger partial charge on any atom is 0.316 e. The smallest absolute Gasteiger partial charge is 0.316 e. The summed E-state index contributed by atoms with van der Waals surface area (Å²) in [6.07, 6.45) is 5.24. The maximum absolute atomic E-state index is 12.9. The molecule has 4 nitrogen and oxygen atoms in total. The molecule has 0 heterocycles. The Morgan fingerprint density at radius 1 is 1.00 bits per heavy atom. The van der Waals surface area contributed by atoms with E-state index in [1.54, 1.807) is 0 Å². The molecule has 1 aromatic rings. The Kier molecular flexibility index (Phi) is 7.25. The molecule has 1 saturated carbocycles. The van der Waals surface area contributed by atoms with Crippen LogP contribution in [0.4, 0.5) is 0 Å². The highest BCUT2D eigenvalue weighted by Gasteiger charge is 2.42. The Hall–Kier alpha value is -1.39. The molecule has 0 spiro atoms. The van der Waals surface area contributed by atoms with Crippen LogP contribution in [0.2, 0.25) is 0 Å². The molecule has 1 aliphatic carbocycles. The van der Waals surface area contributed by atoms with Gasteiger partial charge in [-0.1, -0.05) is 49.6 Å². The summed E-state index contributed by atoms with van der Waals surface area (Å²) in [5, 5.41) is 0. The lowest BCUT2D eigenvalue weighted by atomic mass is 9.69. The molecule has 1 aliphatic rings. The summed E-state index contributed by atoms with van der Waals surface area (Å²) in [7, 11) is 6.21. The zero-order valence-electron chi connectivity index (χ0n) is 15.5. The molecule has 0 aliphatic heterocycles. The quantitative estimate of drug-likeness (QED) is 0.685. The molecule has 0 amide bonds. The van der Waals surface area contributed by atoms with Gasteiger partial charge in [-0.25, -0.2) is 0 Å². The molecular formula is C20H32N2O2. The van der Waals surface area contributed by atoms with E-state index in [0.29, 0.717) is 6.61 Å². The zero-order chi connectivity index (χ0) is 17.4. The summed E-state index contributed by atoms with van der Waals surface area (Å²) in [6, 6.07) is 10.2. The monoisotopic (exact) mass is 332 g/mol. The van der Waals surface area contributed by atoms with Gasteiger partial charge in [-0.2, -0.15) is 0 Å². The third kappa shape index (κ3) is 5.05. The summed E-state index contributed by atoms with van der Waals surface area (Å²) >= 11 is 0. The van der Waals surface area contributed by atoms with Crippen LogP contribution >= 0.6 is 0 Å². The third-order valence-electron chi connectivity index (χ3n) is 5.06. The van der Waals surface area contributed by atoms with Gasteiger partial charge in [-0.3, -0.25) is 4.79 Å². The fourth-order valence-electron chi connectivity index (χ4n) is 3.44. The van der Waals surface area contributed by atoms with Gasteiger partial charge in [-0.15, -0.1) is 0 Å². The van der Waals surface area contributed by atoms with Crippen LogP contribution in [0.5, 0.6) is 0 Å². The molecule has 0 unspecified atom stereocenters. The minimum atomic E-state index is -0.429. The van der Waals surface area contributed by atoms with Gasteiger partial charge in [0.15, 0.2) is 0 Å². The van der Waals surface area contributed by atoms with E-state index in [0.717, 1.165) is 50.9 Å². The molecular weight excluding hydrogens is 300 g/mol. The Labute approximate surface area is 146 Å². The number of carbonyl (C=O) groups excluding carboxylic acids is 1. The molecule has 0 N–H and O–H groups in total. The first-order valence-corrected chi connectivity index (χ1v) is 9.11. The number of hydrogen-bond acceptors (Lipinski definition) is 4. The molecule has 1 fully saturated rings. The Morgan fingerprint density at radius 3 is 2.29 bits per heavy atom. The van der Waals surface area contributed by atoms with E-state index < -0.39 is 5.41 Å². The van der Waals surface area contributed by atoms with E-state index in [9.17, 15) is 4.79 Å². The summed E-state index contributed by atoms with van der Waals surface area (Å²) < 4.78 is 5.72. The predicted octanol–water partition coefficient (Wildman–Crippen LogP) is 2.93. The van der Waals surface area contributed by atoms with Gasteiger partial charge in [0.2, 0.25) is 0 Å². The van der Waals surface area contributed by atoms with Crippen molar-refractivity contribution in [1.29, 1.82) is 0 Å². The topological polar surface area (TPSA) is 32.8 Å². The minimum absolute atomic E-state index is 0.0330. The average molecular weight is 332 g/mol. The van der Waals surface area contributed by atoms with E-state index in [2.05, 4.69) is 43.1 Å². The second-order valence-corrected chi connectivity index (χ2v) is 7.25. The van der Waals surface area contributed by atoms with Crippen LogP contribution in [0.15, 0.2) is 30.3 Å². The van der Waals surface area contributed by atoms with Crippen molar-refractivity contribution in [2.45, 2.75) is 37.5 Å². The maximum atomic E-state index is 12.9. The van der Waals surface area contributed by atoms with Crippen LogP contribution in [0, 0.1) is 0 Å². The summed E-state index contributed by atoms with van der Waals surface area (Å²) in [6.45, 7) is 3.24. The third-order valence-corrected chi connectivity index (χ3v) is 5.06. The van der Waals surface area contributed by atoms with E-state index >= 15 is 0 Å². The van der Waals surface area contributed by atoms with Crippen LogP contribution in [0.3, 0.4) is 0 Å². The van der Waals surface area contributed by atoms with Gasteiger partial charge < -0.3 is 14.5 Å². The number of benzene rings is 1. The van der Waals surface area contributed by atoms with Gasteiger partial charge in [-0.05, 0) is 39.5 Å². The lowest BCUT2D eigenvalue weighted by molar-refractivity contribution is -0.152. The number of hydrogen-bond donors (Lipinski definition) is 0. The molecule has 24 heavy (non-hydrogen) atoms. The second-order valence-electron chi connectivity index (χ2n) is 7.25. The number of rotatable bonds is 8. The first kappa shape index (κ1) is 18.9. The number of ether oxygens (including phenoxy) is 1. The summed E-state index contributed by atoms with van der Waals surface area (Å²) in [5.74, 6) is -0.0330. The lowest BCUT2D eigenvalue weighted by Crippen LogP contribution is -2.40. The van der Waals surface area contributed by atoms with Gasteiger partial charge >= 0.3 is 5.97 Å². The Bertz CT molecular complexity index is 496. The molecule has 2 rings (SSSR count). The van der Waals surface area contributed by atoms with Crippen LogP contribution < -0.4 is 0 Å². The number of likely N-dealkylation sites (N-methyl/N-ethyl adjacent to an activating group) is 2. The Morgan fingerprint density at radius 2 is 1.67 bits per heavy atom. The van der Waals surface area contributed by atoms with E-state index in [4.69, 9.17) is 4.74 Å². The van der Waals surface area contributed by atoms with Crippen LogP contribution in [-0.4, -0.2) is 63.2 Å². The van der Waals surface area contributed by atoms with Crippen LogP contribution in [0.1, 0.15) is 37.7 Å². The van der Waals surface area contributed by atoms with Gasteiger partial charge in [0.05, 0.1) is 5.41 Å². The molecule has 1 aromatic carbocycles. The first-order chi connectivity index (χ1) is 11.5. The Balaban J connectivity index is 1.92. The number of nitrogens with zero attached hydrogens (tertiary/aromatic N) is 2. The van der Waals surface area contributed by atoms with E-state index in [1.807, 2.05) is 18.2 Å². The predicted molar refractivity (Wildman–Crippen MR) is 98.2 cm³/mol. The van der Waals surface area contributed by atoms with E-state index in [1.165, 1.54) is 6.42 Å². The van der Waals surface area contributed by atoms with Crippen molar-refractivity contribution in [1.82, 2.24) is 9.80 Å². The number of esters is 1. The zero-order valence-corrected chi connectivity index (χ0v) is 15.5. The molecule has 0 bridgehead atoms. The van der Waals surface area contributed by atoms with Crippen molar-refractivity contribution in [3.63, 3.8) is 0 Å². The van der Waals surface area contributed by atoms with Crippen molar-refractivity contribution >= 4 is 5.97 Å². The second kappa shape index (κ2) is 9.19. The molecule has 0 atom stereocenters. The first-order valence-electron chi connectivity index (χ1n) is 9.11. The van der Waals surface area contributed by atoms with Crippen molar-refractivity contribution in [2.75, 3.05) is 47.4 Å². The normalized spacial score (nSPS) is 17.2. The SMILES string of the molecule is CN(C)CCN(C)CCOC(=O)C1(c2ccccc2)CCCCC1. The molecule has 0 saturated heterocycles. The van der Waals surface area contributed by atoms with E-state index in [-0.39, 0.29) is 5.97 Å². The highest BCUT2D eigenvalue weighted by Crippen LogP contribution is 2.40.